The monoisotopic (exact) mass is 205 g/mol. The number of nitrogens with zero attached hydrogens (tertiary/aromatic N) is 2. The summed E-state index contributed by atoms with van der Waals surface area (Å²) in [5, 5.41) is 2.97. The van der Waals surface area contributed by atoms with Gasteiger partial charge in [0.1, 0.15) is 5.82 Å². The van der Waals surface area contributed by atoms with Crippen molar-refractivity contribution < 1.29 is 4.79 Å². The maximum atomic E-state index is 11.3. The molecular formula is C11H15N3O. The fraction of sp³-hybridized carbons (Fsp3) is 0.545. The Morgan fingerprint density at radius 1 is 1.60 bits per heavy atom. The Hall–Kier alpha value is -1.45. The van der Waals surface area contributed by atoms with Gasteiger partial charge in [-0.05, 0) is 19.4 Å². The molecule has 0 spiro atoms. The minimum atomic E-state index is 0.128. The van der Waals surface area contributed by atoms with Crippen LogP contribution in [0.2, 0.25) is 0 Å². The van der Waals surface area contributed by atoms with E-state index < -0.39 is 0 Å². The Balaban J connectivity index is 2.26. The number of rotatable bonds is 2. The molecule has 1 aliphatic heterocycles. The maximum Gasteiger partial charge on any atom is 0.220 e. The lowest BCUT2D eigenvalue weighted by atomic mass is 9.95. The van der Waals surface area contributed by atoms with Gasteiger partial charge in [0.25, 0.3) is 0 Å². The molecule has 1 aromatic heterocycles. The van der Waals surface area contributed by atoms with E-state index in [-0.39, 0.29) is 17.9 Å². The van der Waals surface area contributed by atoms with Crippen LogP contribution in [0, 0.1) is 6.92 Å². The average molecular weight is 205 g/mol. The highest BCUT2D eigenvalue weighted by Gasteiger charge is 2.33. The second-order valence-electron chi connectivity index (χ2n) is 3.92. The first kappa shape index (κ1) is 10.1. The minimum Gasteiger partial charge on any atom is -0.353 e. The molecule has 2 atom stereocenters. The van der Waals surface area contributed by atoms with Gasteiger partial charge in [0.2, 0.25) is 5.91 Å². The van der Waals surface area contributed by atoms with E-state index in [0.29, 0.717) is 6.42 Å². The molecule has 1 N–H and O–H groups in total. The number of hydrogen-bond acceptors (Lipinski definition) is 3. The molecule has 0 aromatic carbocycles. The molecule has 2 heterocycles. The lowest BCUT2D eigenvalue weighted by Crippen LogP contribution is -2.27. The zero-order valence-corrected chi connectivity index (χ0v) is 9.03. The predicted octanol–water partition coefficient (Wildman–Crippen LogP) is 1.17. The SMILES string of the molecule is CCC1NC(=O)CC1c1ccnc(C)n1. The predicted molar refractivity (Wildman–Crippen MR) is 56.3 cm³/mol. The van der Waals surface area contributed by atoms with Gasteiger partial charge in [0, 0.05) is 30.3 Å². The van der Waals surface area contributed by atoms with Crippen molar-refractivity contribution in [3.05, 3.63) is 23.8 Å². The van der Waals surface area contributed by atoms with E-state index in [2.05, 4.69) is 22.2 Å². The van der Waals surface area contributed by atoms with Gasteiger partial charge in [-0.3, -0.25) is 4.79 Å². The van der Waals surface area contributed by atoms with Crippen LogP contribution in [0.3, 0.4) is 0 Å². The first-order valence-corrected chi connectivity index (χ1v) is 5.29. The molecule has 1 aliphatic rings. The summed E-state index contributed by atoms with van der Waals surface area (Å²) >= 11 is 0. The van der Waals surface area contributed by atoms with Crippen LogP contribution in [-0.4, -0.2) is 21.9 Å². The summed E-state index contributed by atoms with van der Waals surface area (Å²) in [6.45, 7) is 3.95. The lowest BCUT2D eigenvalue weighted by molar-refractivity contribution is -0.119. The molecule has 2 unspecified atom stereocenters. The number of carbonyl (C=O) groups excluding carboxylic acids is 1. The molecule has 1 amide bonds. The Labute approximate surface area is 89.1 Å². The molecule has 1 saturated heterocycles. The molecule has 2 rings (SSSR count). The molecule has 0 aliphatic carbocycles. The third-order valence-corrected chi connectivity index (χ3v) is 2.85. The fourth-order valence-corrected chi connectivity index (χ4v) is 2.09. The molecule has 0 saturated carbocycles. The number of aromatic nitrogens is 2. The lowest BCUT2D eigenvalue weighted by Gasteiger charge is -2.16. The van der Waals surface area contributed by atoms with Gasteiger partial charge >= 0.3 is 0 Å². The molecule has 4 heteroatoms. The molecule has 0 radical (unpaired) electrons. The molecule has 1 fully saturated rings. The summed E-state index contributed by atoms with van der Waals surface area (Å²) in [5.41, 5.74) is 0.979. The van der Waals surface area contributed by atoms with Crippen molar-refractivity contribution in [2.75, 3.05) is 0 Å². The number of aryl methyl sites for hydroxylation is 1. The highest BCUT2D eigenvalue weighted by Crippen LogP contribution is 2.28. The maximum absolute atomic E-state index is 11.3. The van der Waals surface area contributed by atoms with E-state index >= 15 is 0 Å². The van der Waals surface area contributed by atoms with Crippen molar-refractivity contribution in [3.63, 3.8) is 0 Å². The van der Waals surface area contributed by atoms with Gasteiger partial charge < -0.3 is 5.32 Å². The van der Waals surface area contributed by atoms with E-state index in [0.717, 1.165) is 17.9 Å². The van der Waals surface area contributed by atoms with Gasteiger partial charge in [-0.15, -0.1) is 0 Å². The minimum absolute atomic E-state index is 0.128. The highest BCUT2D eigenvalue weighted by atomic mass is 16.2. The van der Waals surface area contributed by atoms with Crippen LogP contribution in [0.4, 0.5) is 0 Å². The smallest absolute Gasteiger partial charge is 0.220 e. The largest absolute Gasteiger partial charge is 0.353 e. The second kappa shape index (κ2) is 3.96. The number of amides is 1. The zero-order valence-electron chi connectivity index (χ0n) is 9.03. The Bertz CT molecular complexity index is 378. The van der Waals surface area contributed by atoms with Gasteiger partial charge in [0.05, 0.1) is 0 Å². The van der Waals surface area contributed by atoms with Gasteiger partial charge in [-0.25, -0.2) is 9.97 Å². The Morgan fingerprint density at radius 3 is 3.07 bits per heavy atom. The van der Waals surface area contributed by atoms with E-state index in [1.807, 2.05) is 13.0 Å². The third-order valence-electron chi connectivity index (χ3n) is 2.85. The van der Waals surface area contributed by atoms with Crippen LogP contribution in [0.15, 0.2) is 12.3 Å². The number of nitrogens with one attached hydrogen (secondary N) is 1. The average Bonchev–Trinajstić information content (AvgIpc) is 2.59. The van der Waals surface area contributed by atoms with Crippen molar-refractivity contribution in [2.45, 2.75) is 38.6 Å². The van der Waals surface area contributed by atoms with Crippen molar-refractivity contribution in [2.24, 2.45) is 0 Å². The molecule has 4 nitrogen and oxygen atoms in total. The molecule has 1 aromatic rings. The third kappa shape index (κ3) is 1.98. The highest BCUT2D eigenvalue weighted by molar-refractivity contribution is 5.80. The number of carbonyl (C=O) groups is 1. The van der Waals surface area contributed by atoms with E-state index in [9.17, 15) is 4.79 Å². The van der Waals surface area contributed by atoms with Crippen LogP contribution < -0.4 is 5.32 Å². The van der Waals surface area contributed by atoms with Crippen LogP contribution in [-0.2, 0) is 4.79 Å². The van der Waals surface area contributed by atoms with Crippen molar-refractivity contribution in [1.82, 2.24) is 15.3 Å². The summed E-state index contributed by atoms with van der Waals surface area (Å²) in [6.07, 6.45) is 3.25. The van der Waals surface area contributed by atoms with E-state index in [1.54, 1.807) is 6.20 Å². The Kier molecular flexibility index (Phi) is 2.66. The topological polar surface area (TPSA) is 54.9 Å². The summed E-state index contributed by atoms with van der Waals surface area (Å²) in [4.78, 5) is 19.8. The zero-order chi connectivity index (χ0) is 10.8. The number of hydrogen-bond donors (Lipinski definition) is 1. The normalized spacial score (nSPS) is 25.3. The molecule has 80 valence electrons. The summed E-state index contributed by atoms with van der Waals surface area (Å²) in [6, 6.07) is 2.13. The molecule has 0 bridgehead atoms. The van der Waals surface area contributed by atoms with Crippen LogP contribution >= 0.6 is 0 Å². The van der Waals surface area contributed by atoms with Crippen molar-refractivity contribution >= 4 is 5.91 Å². The first-order valence-electron chi connectivity index (χ1n) is 5.29. The first-order chi connectivity index (χ1) is 7.20. The molecule has 15 heavy (non-hydrogen) atoms. The summed E-state index contributed by atoms with van der Waals surface area (Å²) in [7, 11) is 0. The molecular weight excluding hydrogens is 190 g/mol. The quantitative estimate of drug-likeness (QED) is 0.788. The standard InChI is InChI=1S/C11H15N3O/c1-3-9-8(6-11(15)14-9)10-4-5-12-7(2)13-10/h4-5,8-9H,3,6H2,1-2H3,(H,14,15). The second-order valence-corrected chi connectivity index (χ2v) is 3.92. The van der Waals surface area contributed by atoms with Crippen LogP contribution in [0.1, 0.15) is 37.2 Å². The van der Waals surface area contributed by atoms with Crippen LogP contribution in [0.5, 0.6) is 0 Å². The van der Waals surface area contributed by atoms with Gasteiger partial charge in [-0.1, -0.05) is 6.92 Å². The summed E-state index contributed by atoms with van der Waals surface area (Å²) in [5.74, 6) is 1.11. The fourth-order valence-electron chi connectivity index (χ4n) is 2.09. The Morgan fingerprint density at radius 2 is 2.40 bits per heavy atom. The van der Waals surface area contributed by atoms with Crippen molar-refractivity contribution in [1.29, 1.82) is 0 Å². The van der Waals surface area contributed by atoms with E-state index in [1.165, 1.54) is 0 Å². The van der Waals surface area contributed by atoms with Gasteiger partial charge in [0.15, 0.2) is 0 Å². The van der Waals surface area contributed by atoms with Crippen molar-refractivity contribution in [3.8, 4) is 0 Å². The van der Waals surface area contributed by atoms with Gasteiger partial charge in [-0.2, -0.15) is 0 Å². The van der Waals surface area contributed by atoms with E-state index in [4.69, 9.17) is 0 Å². The van der Waals surface area contributed by atoms with Crippen LogP contribution in [0.25, 0.3) is 0 Å². The summed E-state index contributed by atoms with van der Waals surface area (Å²) < 4.78 is 0.